The number of carbonyl (C=O) groups excluding carboxylic acids is 2. The summed E-state index contributed by atoms with van der Waals surface area (Å²) >= 11 is 0. The monoisotopic (exact) mass is 302 g/mol. The van der Waals surface area contributed by atoms with E-state index in [0.717, 1.165) is 13.1 Å². The predicted octanol–water partition coefficient (Wildman–Crippen LogP) is 3.40. The summed E-state index contributed by atoms with van der Waals surface area (Å²) in [5.74, 6) is 1.01. The van der Waals surface area contributed by atoms with Crippen LogP contribution >= 0.6 is 0 Å². The summed E-state index contributed by atoms with van der Waals surface area (Å²) in [5.41, 5.74) is 1.32. The summed E-state index contributed by atoms with van der Waals surface area (Å²) in [6, 6.07) is 7.22. The van der Waals surface area contributed by atoms with Crippen molar-refractivity contribution in [1.82, 2.24) is 4.90 Å². The van der Waals surface area contributed by atoms with Gasteiger partial charge in [-0.15, -0.1) is 0 Å². The lowest BCUT2D eigenvalue weighted by atomic mass is 9.91. The summed E-state index contributed by atoms with van der Waals surface area (Å²) in [6.45, 7) is 9.70. The molecule has 0 spiro atoms. The number of hydrogen-bond acceptors (Lipinski definition) is 2. The van der Waals surface area contributed by atoms with E-state index in [4.69, 9.17) is 0 Å². The Morgan fingerprint density at radius 2 is 1.82 bits per heavy atom. The van der Waals surface area contributed by atoms with Crippen LogP contribution in [-0.4, -0.2) is 29.8 Å². The van der Waals surface area contributed by atoms with E-state index >= 15 is 0 Å². The molecule has 0 saturated carbocycles. The maximum atomic E-state index is 12.7. The van der Waals surface area contributed by atoms with Crippen LogP contribution in [0.3, 0.4) is 0 Å². The highest BCUT2D eigenvalue weighted by Gasteiger charge is 2.26. The van der Waals surface area contributed by atoms with Crippen LogP contribution in [0.25, 0.3) is 0 Å². The van der Waals surface area contributed by atoms with Crippen molar-refractivity contribution < 1.29 is 9.59 Å². The highest BCUT2D eigenvalue weighted by molar-refractivity contribution is 5.97. The fourth-order valence-electron chi connectivity index (χ4n) is 3.03. The van der Waals surface area contributed by atoms with Crippen molar-refractivity contribution in [3.05, 3.63) is 29.8 Å². The van der Waals surface area contributed by atoms with Gasteiger partial charge in [0.15, 0.2) is 0 Å². The quantitative estimate of drug-likeness (QED) is 0.930. The van der Waals surface area contributed by atoms with E-state index in [1.807, 2.05) is 36.9 Å². The SMILES string of the molecule is CC(C)C(=O)Nc1cccc(C(=O)N2C[C@@H](C)C[C@H](C)C2)c1. The van der Waals surface area contributed by atoms with Crippen LogP contribution in [0.1, 0.15) is 44.5 Å². The molecule has 2 rings (SSSR count). The average Bonchev–Trinajstić information content (AvgIpc) is 2.45. The molecule has 0 unspecified atom stereocenters. The Bertz CT molecular complexity index is 544. The highest BCUT2D eigenvalue weighted by Crippen LogP contribution is 2.23. The fraction of sp³-hybridized carbons (Fsp3) is 0.556. The largest absolute Gasteiger partial charge is 0.338 e. The summed E-state index contributed by atoms with van der Waals surface area (Å²) in [5, 5.41) is 2.85. The molecule has 120 valence electrons. The van der Waals surface area contributed by atoms with Gasteiger partial charge in [-0.1, -0.05) is 33.8 Å². The predicted molar refractivity (Wildman–Crippen MR) is 88.8 cm³/mol. The van der Waals surface area contributed by atoms with Gasteiger partial charge in [-0.25, -0.2) is 0 Å². The normalized spacial score (nSPS) is 21.8. The minimum atomic E-state index is -0.0804. The Hall–Kier alpha value is -1.84. The number of amides is 2. The van der Waals surface area contributed by atoms with Gasteiger partial charge >= 0.3 is 0 Å². The molecule has 2 amide bonds. The second-order valence-electron chi connectivity index (χ2n) is 6.88. The lowest BCUT2D eigenvalue weighted by molar-refractivity contribution is -0.118. The van der Waals surface area contributed by atoms with Gasteiger partial charge in [0.2, 0.25) is 5.91 Å². The lowest BCUT2D eigenvalue weighted by Crippen LogP contribution is -2.42. The third-order valence-corrected chi connectivity index (χ3v) is 4.06. The Morgan fingerprint density at radius 3 is 2.41 bits per heavy atom. The van der Waals surface area contributed by atoms with Gasteiger partial charge < -0.3 is 10.2 Å². The molecule has 1 aromatic carbocycles. The van der Waals surface area contributed by atoms with Gasteiger partial charge in [-0.2, -0.15) is 0 Å². The first-order valence-corrected chi connectivity index (χ1v) is 8.07. The van der Waals surface area contributed by atoms with Crippen molar-refractivity contribution in [2.24, 2.45) is 17.8 Å². The number of benzene rings is 1. The van der Waals surface area contributed by atoms with Crippen LogP contribution in [0.15, 0.2) is 24.3 Å². The third-order valence-electron chi connectivity index (χ3n) is 4.06. The number of anilines is 1. The van der Waals surface area contributed by atoms with E-state index in [0.29, 0.717) is 23.1 Å². The van der Waals surface area contributed by atoms with Gasteiger partial charge in [0.25, 0.3) is 5.91 Å². The van der Waals surface area contributed by atoms with Crippen molar-refractivity contribution >= 4 is 17.5 Å². The minimum absolute atomic E-state index is 0.0372. The van der Waals surface area contributed by atoms with Crippen molar-refractivity contribution in [1.29, 1.82) is 0 Å². The number of carbonyl (C=O) groups is 2. The van der Waals surface area contributed by atoms with E-state index in [2.05, 4.69) is 19.2 Å². The van der Waals surface area contributed by atoms with E-state index in [1.54, 1.807) is 6.07 Å². The molecule has 1 saturated heterocycles. The molecule has 1 aliphatic heterocycles. The molecule has 4 nitrogen and oxygen atoms in total. The number of nitrogens with zero attached hydrogens (tertiary/aromatic N) is 1. The Kier molecular flexibility index (Phi) is 5.22. The molecule has 1 aromatic rings. The summed E-state index contributed by atoms with van der Waals surface area (Å²) in [6.07, 6.45) is 1.17. The first-order valence-electron chi connectivity index (χ1n) is 8.07. The maximum absolute atomic E-state index is 12.7. The highest BCUT2D eigenvalue weighted by atomic mass is 16.2. The third kappa shape index (κ3) is 4.09. The molecule has 2 atom stereocenters. The molecule has 1 N–H and O–H groups in total. The summed E-state index contributed by atoms with van der Waals surface area (Å²) in [7, 11) is 0. The van der Waals surface area contributed by atoms with Crippen molar-refractivity contribution in [3.63, 3.8) is 0 Å². The van der Waals surface area contributed by atoms with Crippen LogP contribution in [0, 0.1) is 17.8 Å². The number of likely N-dealkylation sites (tertiary alicyclic amines) is 1. The maximum Gasteiger partial charge on any atom is 0.253 e. The van der Waals surface area contributed by atoms with E-state index in [9.17, 15) is 9.59 Å². The summed E-state index contributed by atoms with van der Waals surface area (Å²) in [4.78, 5) is 26.4. The first-order chi connectivity index (χ1) is 10.4. The van der Waals surface area contributed by atoms with Crippen molar-refractivity contribution in [2.45, 2.75) is 34.1 Å². The van der Waals surface area contributed by atoms with E-state index in [-0.39, 0.29) is 17.7 Å². The van der Waals surface area contributed by atoms with Crippen molar-refractivity contribution in [3.8, 4) is 0 Å². The molecule has 0 aromatic heterocycles. The van der Waals surface area contributed by atoms with Gasteiger partial charge in [0, 0.05) is 30.3 Å². The molecular formula is C18H26N2O2. The zero-order valence-electron chi connectivity index (χ0n) is 13.9. The molecule has 22 heavy (non-hydrogen) atoms. The molecule has 1 heterocycles. The molecule has 1 fully saturated rings. The van der Waals surface area contributed by atoms with Gasteiger partial charge in [-0.05, 0) is 36.5 Å². The zero-order valence-corrected chi connectivity index (χ0v) is 13.9. The fourth-order valence-corrected chi connectivity index (χ4v) is 3.03. The van der Waals surface area contributed by atoms with Crippen LogP contribution in [0.2, 0.25) is 0 Å². The average molecular weight is 302 g/mol. The molecule has 0 bridgehead atoms. The van der Waals surface area contributed by atoms with Gasteiger partial charge in [0.1, 0.15) is 0 Å². The molecule has 0 radical (unpaired) electrons. The van der Waals surface area contributed by atoms with Gasteiger partial charge in [0.05, 0.1) is 0 Å². The Labute approximate surface area is 132 Å². The first kappa shape index (κ1) is 16.5. The summed E-state index contributed by atoms with van der Waals surface area (Å²) < 4.78 is 0. The number of hydrogen-bond donors (Lipinski definition) is 1. The minimum Gasteiger partial charge on any atom is -0.338 e. The van der Waals surface area contributed by atoms with Gasteiger partial charge in [-0.3, -0.25) is 9.59 Å². The van der Waals surface area contributed by atoms with Crippen LogP contribution in [0.4, 0.5) is 5.69 Å². The Balaban J connectivity index is 2.11. The molecule has 4 heteroatoms. The second kappa shape index (κ2) is 6.95. The Morgan fingerprint density at radius 1 is 1.18 bits per heavy atom. The molecule has 0 aliphatic carbocycles. The van der Waals surface area contributed by atoms with Crippen LogP contribution in [-0.2, 0) is 4.79 Å². The molecule has 1 aliphatic rings. The smallest absolute Gasteiger partial charge is 0.253 e. The zero-order chi connectivity index (χ0) is 16.3. The number of rotatable bonds is 3. The topological polar surface area (TPSA) is 49.4 Å². The lowest BCUT2D eigenvalue weighted by Gasteiger charge is -2.35. The number of piperidine rings is 1. The van der Waals surface area contributed by atoms with Crippen LogP contribution < -0.4 is 5.32 Å². The second-order valence-corrected chi connectivity index (χ2v) is 6.88. The standard InChI is InChI=1S/C18H26N2O2/c1-12(2)17(21)19-16-7-5-6-15(9-16)18(22)20-10-13(3)8-14(4)11-20/h5-7,9,12-14H,8,10-11H2,1-4H3,(H,19,21)/t13-,14-/m0/s1. The van der Waals surface area contributed by atoms with Crippen LogP contribution in [0.5, 0.6) is 0 Å². The van der Waals surface area contributed by atoms with E-state index < -0.39 is 0 Å². The molecular weight excluding hydrogens is 276 g/mol. The number of nitrogens with one attached hydrogen (secondary N) is 1. The van der Waals surface area contributed by atoms with Crippen molar-refractivity contribution in [2.75, 3.05) is 18.4 Å². The van der Waals surface area contributed by atoms with E-state index in [1.165, 1.54) is 6.42 Å².